The van der Waals surface area contributed by atoms with Crippen LogP contribution in [0.2, 0.25) is 0 Å². The first-order valence-corrected chi connectivity index (χ1v) is 9.66. The fourth-order valence-electron chi connectivity index (χ4n) is 2.87. The maximum absolute atomic E-state index is 12.8. The molecule has 0 spiro atoms. The molecular weight excluding hydrogens is 356 g/mol. The second-order valence-electron chi connectivity index (χ2n) is 5.80. The van der Waals surface area contributed by atoms with Gasteiger partial charge in [-0.1, -0.05) is 0 Å². The quantitative estimate of drug-likeness (QED) is 0.820. The lowest BCUT2D eigenvalue weighted by Crippen LogP contribution is -2.52. The number of pyridine rings is 1. The van der Waals surface area contributed by atoms with Crippen molar-refractivity contribution >= 4 is 21.7 Å². The molecule has 3 heterocycles. The molecule has 1 aliphatic rings. The lowest BCUT2D eigenvalue weighted by atomic mass is 10.1. The number of nitrogens with one attached hydrogen (secondary N) is 1. The van der Waals surface area contributed by atoms with Gasteiger partial charge in [0.05, 0.1) is 6.20 Å². The Hall–Kier alpha value is -2.77. The summed E-state index contributed by atoms with van der Waals surface area (Å²) in [4.78, 5) is 18.0. The predicted molar refractivity (Wildman–Crippen MR) is 92.5 cm³/mol. The van der Waals surface area contributed by atoms with Gasteiger partial charge in [0.25, 0.3) is 0 Å². The fourth-order valence-corrected chi connectivity index (χ4v) is 4.04. The van der Waals surface area contributed by atoms with Gasteiger partial charge in [-0.15, -0.1) is 0 Å². The third kappa shape index (κ3) is 3.44. The van der Waals surface area contributed by atoms with Crippen LogP contribution in [0.25, 0.3) is 0 Å². The second kappa shape index (κ2) is 7.23. The predicted octanol–water partition coefficient (Wildman–Crippen LogP) is 0.644. The number of rotatable bonds is 5. The highest BCUT2D eigenvalue weighted by Gasteiger charge is 2.34. The van der Waals surface area contributed by atoms with E-state index in [0.717, 1.165) is 6.20 Å². The normalized spacial score (nSPS) is 17.9. The highest BCUT2D eigenvalue weighted by Crippen LogP contribution is 2.22. The Balaban J connectivity index is 1.80. The number of aromatic nitrogens is 3. The topological polar surface area (TPSA) is 121 Å². The minimum Gasteiger partial charge on any atom is -0.296 e. The van der Waals surface area contributed by atoms with Crippen molar-refractivity contribution in [3.8, 4) is 6.07 Å². The van der Waals surface area contributed by atoms with Gasteiger partial charge < -0.3 is 0 Å². The van der Waals surface area contributed by atoms with Crippen LogP contribution in [0.1, 0.15) is 25.5 Å². The number of sulfonamides is 1. The zero-order valence-corrected chi connectivity index (χ0v) is 15.0. The van der Waals surface area contributed by atoms with Gasteiger partial charge in [-0.05, 0) is 31.9 Å². The van der Waals surface area contributed by atoms with E-state index >= 15 is 0 Å². The van der Waals surface area contributed by atoms with Crippen LogP contribution >= 0.6 is 0 Å². The van der Waals surface area contributed by atoms with E-state index in [-0.39, 0.29) is 16.5 Å². The molecule has 1 fully saturated rings. The van der Waals surface area contributed by atoms with Crippen LogP contribution in [-0.2, 0) is 21.4 Å². The number of hydrogen-bond donors (Lipinski definition) is 1. The van der Waals surface area contributed by atoms with Gasteiger partial charge in [-0.2, -0.15) is 15.1 Å². The Kier molecular flexibility index (Phi) is 5.01. The Morgan fingerprint density at radius 1 is 1.38 bits per heavy atom. The lowest BCUT2D eigenvalue weighted by molar-refractivity contribution is -0.121. The van der Waals surface area contributed by atoms with Crippen molar-refractivity contribution < 1.29 is 13.2 Å². The summed E-state index contributed by atoms with van der Waals surface area (Å²) in [6.45, 7) is 3.05. The van der Waals surface area contributed by atoms with Gasteiger partial charge in [0.2, 0.25) is 15.9 Å². The summed E-state index contributed by atoms with van der Waals surface area (Å²) in [6.07, 6.45) is 3.80. The Labute approximate surface area is 151 Å². The SMILES string of the molecule is CCn1nccc1N1CCC[C@H](NS(=O)(=O)c2ccc(C#N)nc2)C1=O. The number of carbonyl (C=O) groups excluding carboxylic acids is 1. The molecule has 136 valence electrons. The summed E-state index contributed by atoms with van der Waals surface area (Å²) >= 11 is 0. The van der Waals surface area contributed by atoms with Gasteiger partial charge in [0.15, 0.2) is 0 Å². The van der Waals surface area contributed by atoms with Gasteiger partial charge in [-0.25, -0.2) is 18.1 Å². The molecule has 1 amide bonds. The molecule has 1 atom stereocenters. The number of piperidine rings is 1. The van der Waals surface area contributed by atoms with Crippen LogP contribution in [0.5, 0.6) is 0 Å². The summed E-state index contributed by atoms with van der Waals surface area (Å²) in [6, 6.07) is 5.33. The van der Waals surface area contributed by atoms with Crippen LogP contribution in [0, 0.1) is 11.3 Å². The van der Waals surface area contributed by atoms with Crippen molar-refractivity contribution in [3.63, 3.8) is 0 Å². The molecule has 0 saturated carbocycles. The highest BCUT2D eigenvalue weighted by molar-refractivity contribution is 7.89. The van der Waals surface area contributed by atoms with Crippen molar-refractivity contribution in [2.75, 3.05) is 11.4 Å². The maximum atomic E-state index is 12.8. The first-order valence-electron chi connectivity index (χ1n) is 8.18. The molecule has 3 rings (SSSR count). The summed E-state index contributed by atoms with van der Waals surface area (Å²) < 4.78 is 29.2. The van der Waals surface area contributed by atoms with Gasteiger partial charge in [0.1, 0.15) is 28.5 Å². The Morgan fingerprint density at radius 2 is 2.19 bits per heavy atom. The van der Waals surface area contributed by atoms with E-state index in [9.17, 15) is 13.2 Å². The molecule has 0 aliphatic carbocycles. The molecular formula is C16H18N6O3S. The molecule has 2 aromatic rings. The molecule has 26 heavy (non-hydrogen) atoms. The van der Waals surface area contributed by atoms with Crippen molar-refractivity contribution in [2.24, 2.45) is 0 Å². The molecule has 1 aliphatic heterocycles. The van der Waals surface area contributed by atoms with Gasteiger partial charge >= 0.3 is 0 Å². The van der Waals surface area contributed by atoms with Gasteiger partial charge in [0, 0.05) is 25.4 Å². The van der Waals surface area contributed by atoms with Crippen LogP contribution in [0.4, 0.5) is 5.82 Å². The second-order valence-corrected chi connectivity index (χ2v) is 7.52. The average molecular weight is 374 g/mol. The number of carbonyl (C=O) groups is 1. The minimum atomic E-state index is -3.92. The van der Waals surface area contributed by atoms with Crippen molar-refractivity contribution in [1.29, 1.82) is 5.26 Å². The number of anilines is 1. The highest BCUT2D eigenvalue weighted by atomic mass is 32.2. The van der Waals surface area contributed by atoms with Crippen LogP contribution in [0.3, 0.4) is 0 Å². The third-order valence-corrected chi connectivity index (χ3v) is 5.62. The fraction of sp³-hybridized carbons (Fsp3) is 0.375. The molecule has 1 saturated heterocycles. The van der Waals surface area contributed by atoms with E-state index in [1.165, 1.54) is 12.1 Å². The molecule has 0 radical (unpaired) electrons. The molecule has 0 unspecified atom stereocenters. The Bertz CT molecular complexity index is 945. The van der Waals surface area contributed by atoms with E-state index in [0.29, 0.717) is 31.7 Å². The minimum absolute atomic E-state index is 0.0833. The average Bonchev–Trinajstić information content (AvgIpc) is 3.12. The van der Waals surface area contributed by atoms with E-state index in [1.54, 1.807) is 21.8 Å². The number of nitriles is 1. The number of aryl methyl sites for hydroxylation is 1. The van der Waals surface area contributed by atoms with Crippen LogP contribution in [0.15, 0.2) is 35.5 Å². The zero-order chi connectivity index (χ0) is 18.7. The standard InChI is InChI=1S/C16H18N6O3S/c1-2-22-15(7-8-19-22)21-9-3-4-14(16(21)23)20-26(24,25)13-6-5-12(10-17)18-11-13/h5-8,11,14,20H,2-4,9H2,1H3/t14-/m0/s1. The molecule has 9 nitrogen and oxygen atoms in total. The Morgan fingerprint density at radius 3 is 2.85 bits per heavy atom. The molecule has 2 aromatic heterocycles. The third-order valence-electron chi connectivity index (χ3n) is 4.17. The van der Waals surface area contributed by atoms with Crippen molar-refractivity contribution in [2.45, 2.75) is 37.2 Å². The maximum Gasteiger partial charge on any atom is 0.246 e. The molecule has 0 aromatic carbocycles. The summed E-state index contributed by atoms with van der Waals surface area (Å²) in [7, 11) is -3.92. The van der Waals surface area contributed by atoms with E-state index in [2.05, 4.69) is 14.8 Å². The first-order chi connectivity index (χ1) is 12.5. The van der Waals surface area contributed by atoms with E-state index in [1.807, 2.05) is 13.0 Å². The van der Waals surface area contributed by atoms with Crippen molar-refractivity contribution in [3.05, 3.63) is 36.3 Å². The van der Waals surface area contributed by atoms with Crippen LogP contribution in [-0.4, -0.2) is 41.7 Å². The first kappa shape index (κ1) is 18.0. The number of amides is 1. The molecule has 1 N–H and O–H groups in total. The summed E-state index contributed by atoms with van der Waals surface area (Å²) in [5, 5.41) is 12.9. The van der Waals surface area contributed by atoms with E-state index < -0.39 is 16.1 Å². The monoisotopic (exact) mass is 374 g/mol. The summed E-state index contributed by atoms with van der Waals surface area (Å²) in [5.41, 5.74) is 0.122. The van der Waals surface area contributed by atoms with Crippen LogP contribution < -0.4 is 9.62 Å². The van der Waals surface area contributed by atoms with E-state index in [4.69, 9.17) is 5.26 Å². The lowest BCUT2D eigenvalue weighted by Gasteiger charge is -2.32. The zero-order valence-electron chi connectivity index (χ0n) is 14.2. The number of nitrogens with zero attached hydrogens (tertiary/aromatic N) is 5. The van der Waals surface area contributed by atoms with Crippen molar-refractivity contribution in [1.82, 2.24) is 19.5 Å². The number of hydrogen-bond acceptors (Lipinski definition) is 6. The largest absolute Gasteiger partial charge is 0.296 e. The van der Waals surface area contributed by atoms with Gasteiger partial charge in [-0.3, -0.25) is 9.69 Å². The smallest absolute Gasteiger partial charge is 0.246 e. The summed E-state index contributed by atoms with van der Waals surface area (Å²) in [5.74, 6) is 0.345. The molecule has 10 heteroatoms. The molecule has 0 bridgehead atoms.